The van der Waals surface area contributed by atoms with Gasteiger partial charge in [0.05, 0.1) is 15.9 Å². The first-order valence-corrected chi connectivity index (χ1v) is 12.0. The number of rotatable bonds is 7. The number of nitrogens with one attached hydrogen (secondary N) is 1. The Balaban J connectivity index is 1.37. The van der Waals surface area contributed by atoms with Gasteiger partial charge in [0.2, 0.25) is 0 Å². The molecule has 0 aliphatic rings. The maximum atomic E-state index is 12.7. The van der Waals surface area contributed by atoms with E-state index in [0.717, 1.165) is 26.9 Å². The van der Waals surface area contributed by atoms with Crippen LogP contribution in [0.3, 0.4) is 0 Å². The van der Waals surface area contributed by atoms with Crippen molar-refractivity contribution < 1.29 is 9.53 Å². The number of ether oxygens (including phenoxy) is 1. The number of thiophene rings is 1. The first kappa shape index (κ1) is 22.6. The molecule has 1 amide bonds. The molecule has 2 heterocycles. The van der Waals surface area contributed by atoms with Crippen molar-refractivity contribution in [3.05, 3.63) is 96.7 Å². The lowest BCUT2D eigenvalue weighted by Crippen LogP contribution is -2.11. The fourth-order valence-corrected chi connectivity index (χ4v) is 4.55. The van der Waals surface area contributed by atoms with Gasteiger partial charge in [0, 0.05) is 16.8 Å². The van der Waals surface area contributed by atoms with Crippen LogP contribution in [0, 0.1) is 13.8 Å². The van der Waals surface area contributed by atoms with Crippen LogP contribution < -0.4 is 10.1 Å². The van der Waals surface area contributed by atoms with E-state index in [-0.39, 0.29) is 5.91 Å². The predicted molar refractivity (Wildman–Crippen MR) is 133 cm³/mol. The number of carbonyl (C=O) groups is 1. The lowest BCUT2D eigenvalue weighted by molar-refractivity contribution is 0.103. The Morgan fingerprint density at radius 3 is 2.69 bits per heavy atom. The highest BCUT2D eigenvalue weighted by Crippen LogP contribution is 2.25. The lowest BCUT2D eigenvalue weighted by atomic mass is 10.1. The third-order valence-corrected chi connectivity index (χ3v) is 6.62. The average Bonchev–Trinajstić information content (AvgIpc) is 3.36. The normalized spacial score (nSPS) is 10.9. The molecule has 32 heavy (non-hydrogen) atoms. The van der Waals surface area contributed by atoms with Gasteiger partial charge in [0.25, 0.3) is 5.91 Å². The molecule has 0 unspecified atom stereocenters. The molecule has 0 spiro atoms. The molecule has 0 saturated heterocycles. The van der Waals surface area contributed by atoms with Gasteiger partial charge in [-0.15, -0.1) is 11.3 Å². The van der Waals surface area contributed by atoms with E-state index in [0.29, 0.717) is 28.9 Å². The minimum Gasteiger partial charge on any atom is -0.489 e. The smallest absolute Gasteiger partial charge is 0.266 e. The number of hydrogen-bond donors (Lipinski definition) is 1. The van der Waals surface area contributed by atoms with E-state index in [9.17, 15) is 4.79 Å². The highest BCUT2D eigenvalue weighted by Gasteiger charge is 2.15. The maximum absolute atomic E-state index is 12.7. The van der Waals surface area contributed by atoms with Crippen molar-refractivity contribution in [2.24, 2.45) is 0 Å². The Labute approximate surface area is 204 Å². The highest BCUT2D eigenvalue weighted by atomic mass is 79.9. The van der Waals surface area contributed by atoms with Crippen LogP contribution in [0.1, 0.15) is 31.9 Å². The van der Waals surface area contributed by atoms with E-state index in [1.54, 1.807) is 10.7 Å². The van der Waals surface area contributed by atoms with Crippen molar-refractivity contribution in [1.82, 2.24) is 9.78 Å². The minimum absolute atomic E-state index is 0.204. The Hall–Kier alpha value is -2.61. The van der Waals surface area contributed by atoms with Crippen LogP contribution in [-0.2, 0) is 13.2 Å². The van der Waals surface area contributed by atoms with E-state index in [2.05, 4.69) is 57.5 Å². The predicted octanol–water partition coefficient (Wildman–Crippen LogP) is 6.86. The molecule has 0 atom stereocenters. The molecule has 0 fully saturated rings. The van der Waals surface area contributed by atoms with Crippen LogP contribution in [0.25, 0.3) is 0 Å². The van der Waals surface area contributed by atoms with Crippen molar-refractivity contribution >= 4 is 50.6 Å². The van der Waals surface area contributed by atoms with Crippen molar-refractivity contribution in [3.8, 4) is 5.75 Å². The summed E-state index contributed by atoms with van der Waals surface area (Å²) in [7, 11) is 0. The summed E-state index contributed by atoms with van der Waals surface area (Å²) in [5.41, 5.74) is 4.25. The van der Waals surface area contributed by atoms with Gasteiger partial charge >= 0.3 is 0 Å². The van der Waals surface area contributed by atoms with Gasteiger partial charge in [0.15, 0.2) is 5.82 Å². The Morgan fingerprint density at radius 1 is 1.16 bits per heavy atom. The second-order valence-corrected chi connectivity index (χ2v) is 9.68. The van der Waals surface area contributed by atoms with Crippen molar-refractivity contribution in [2.45, 2.75) is 27.0 Å². The Kier molecular flexibility index (Phi) is 6.98. The third kappa shape index (κ3) is 5.59. The monoisotopic (exact) mass is 529 g/mol. The van der Waals surface area contributed by atoms with Gasteiger partial charge in [-0.05, 0) is 70.5 Å². The topological polar surface area (TPSA) is 56.2 Å². The van der Waals surface area contributed by atoms with Gasteiger partial charge in [-0.1, -0.05) is 41.4 Å². The largest absolute Gasteiger partial charge is 0.489 e. The maximum Gasteiger partial charge on any atom is 0.266 e. The number of halogens is 2. The minimum atomic E-state index is -0.204. The molecule has 0 bridgehead atoms. The van der Waals surface area contributed by atoms with Crippen LogP contribution >= 0.6 is 38.9 Å². The molecular weight excluding hydrogens is 510 g/mol. The van der Waals surface area contributed by atoms with E-state index >= 15 is 0 Å². The molecule has 4 aromatic rings. The van der Waals surface area contributed by atoms with Crippen LogP contribution in [0.15, 0.2) is 64.6 Å². The number of anilines is 1. The van der Waals surface area contributed by atoms with E-state index in [1.807, 2.05) is 36.7 Å². The SMILES string of the molecule is Cc1ccc(Cn2cc(Br)c(NC(=O)c3cc(COc4ccc(Cl)cc4C)cs3)n2)cc1. The Morgan fingerprint density at radius 2 is 1.94 bits per heavy atom. The lowest BCUT2D eigenvalue weighted by Gasteiger charge is -2.08. The molecule has 0 radical (unpaired) electrons. The quantitative estimate of drug-likeness (QED) is 0.284. The molecule has 0 aliphatic heterocycles. The number of amides is 1. The molecular formula is C24H21BrClN3O2S. The van der Waals surface area contributed by atoms with Crippen molar-refractivity contribution in [2.75, 3.05) is 5.32 Å². The fourth-order valence-electron chi connectivity index (χ4n) is 3.12. The van der Waals surface area contributed by atoms with Crippen molar-refractivity contribution in [1.29, 1.82) is 0 Å². The van der Waals surface area contributed by atoms with Gasteiger partial charge < -0.3 is 10.1 Å². The number of aryl methyl sites for hydroxylation is 2. The number of hydrogen-bond acceptors (Lipinski definition) is 4. The fraction of sp³-hybridized carbons (Fsp3) is 0.167. The van der Waals surface area contributed by atoms with Crippen LogP contribution in [0.5, 0.6) is 5.75 Å². The van der Waals surface area contributed by atoms with Gasteiger partial charge in [-0.3, -0.25) is 9.48 Å². The average molecular weight is 531 g/mol. The van der Waals surface area contributed by atoms with Gasteiger partial charge in [0.1, 0.15) is 12.4 Å². The summed E-state index contributed by atoms with van der Waals surface area (Å²) < 4.78 is 8.40. The van der Waals surface area contributed by atoms with Gasteiger partial charge in [-0.25, -0.2) is 0 Å². The van der Waals surface area contributed by atoms with Crippen molar-refractivity contribution in [3.63, 3.8) is 0 Å². The first-order valence-electron chi connectivity index (χ1n) is 9.93. The first-order chi connectivity index (χ1) is 15.4. The third-order valence-electron chi connectivity index (χ3n) is 4.82. The molecule has 0 aliphatic carbocycles. The summed E-state index contributed by atoms with van der Waals surface area (Å²) in [5.74, 6) is 1.06. The summed E-state index contributed by atoms with van der Waals surface area (Å²) in [6, 6.07) is 15.6. The van der Waals surface area contributed by atoms with Crippen LogP contribution in [-0.4, -0.2) is 15.7 Å². The van der Waals surface area contributed by atoms with Crippen LogP contribution in [0.4, 0.5) is 5.82 Å². The molecule has 1 N–H and O–H groups in total. The second kappa shape index (κ2) is 9.90. The van der Waals surface area contributed by atoms with Crippen LogP contribution in [0.2, 0.25) is 5.02 Å². The Bertz CT molecular complexity index is 1250. The molecule has 8 heteroatoms. The summed E-state index contributed by atoms with van der Waals surface area (Å²) in [4.78, 5) is 13.3. The second-order valence-electron chi connectivity index (χ2n) is 7.48. The molecule has 2 aromatic heterocycles. The molecule has 4 rings (SSSR count). The molecule has 164 valence electrons. The van der Waals surface area contributed by atoms with Gasteiger partial charge in [-0.2, -0.15) is 5.10 Å². The molecule has 5 nitrogen and oxygen atoms in total. The molecule has 2 aromatic carbocycles. The van der Waals surface area contributed by atoms with E-state index < -0.39 is 0 Å². The zero-order chi connectivity index (χ0) is 22.7. The summed E-state index contributed by atoms with van der Waals surface area (Å²) in [6.07, 6.45) is 1.86. The number of aromatic nitrogens is 2. The van der Waals surface area contributed by atoms with E-state index in [1.165, 1.54) is 16.9 Å². The number of carbonyl (C=O) groups excluding carboxylic acids is 1. The standard InChI is InChI=1S/C24H21BrClN3O2S/c1-15-3-5-17(6-4-15)11-29-12-20(25)23(28-29)27-24(30)22-10-18(14-32-22)13-31-21-8-7-19(26)9-16(21)2/h3-10,12,14H,11,13H2,1-2H3,(H,27,28,30). The molecule has 0 saturated carbocycles. The highest BCUT2D eigenvalue weighted by molar-refractivity contribution is 9.10. The summed E-state index contributed by atoms with van der Waals surface area (Å²) in [5, 5.41) is 9.98. The zero-order valence-corrected chi connectivity index (χ0v) is 20.7. The zero-order valence-electron chi connectivity index (χ0n) is 17.6. The number of nitrogens with zero attached hydrogens (tertiary/aromatic N) is 2. The number of benzene rings is 2. The van der Waals surface area contributed by atoms with E-state index in [4.69, 9.17) is 16.3 Å². The summed E-state index contributed by atoms with van der Waals surface area (Å²) >= 11 is 10.8. The summed E-state index contributed by atoms with van der Waals surface area (Å²) in [6.45, 7) is 5.01.